The minimum absolute atomic E-state index is 0.322. The molecule has 5 N–H and O–H groups in total. The SMILES string of the molecule is Cc1cccc(O)c1C.Cc1cccc(O)c1C.Cc1ccccc1O.Oc1ccccc1.Oc1ccccc1. The van der Waals surface area contributed by atoms with Crippen LogP contribution < -0.4 is 0 Å². The van der Waals surface area contributed by atoms with Crippen molar-refractivity contribution in [3.63, 3.8) is 0 Å². The molecule has 0 saturated carbocycles. The van der Waals surface area contributed by atoms with Crippen LogP contribution in [0.2, 0.25) is 0 Å². The van der Waals surface area contributed by atoms with E-state index in [0.29, 0.717) is 28.7 Å². The van der Waals surface area contributed by atoms with Crippen LogP contribution in [0.5, 0.6) is 28.7 Å². The fourth-order valence-electron chi connectivity index (χ4n) is 2.89. The highest BCUT2D eigenvalue weighted by molar-refractivity contribution is 5.37. The lowest BCUT2D eigenvalue weighted by Gasteiger charge is -1.99. The molecule has 5 aromatic rings. The number of benzene rings is 5. The molecule has 5 heteroatoms. The van der Waals surface area contributed by atoms with Crippen LogP contribution in [0.3, 0.4) is 0 Å². The Morgan fingerprint density at radius 3 is 0.825 bits per heavy atom. The summed E-state index contributed by atoms with van der Waals surface area (Å²) in [6, 6.07) is 35.7. The molecule has 5 aromatic carbocycles. The Labute approximate surface area is 237 Å². The lowest BCUT2D eigenvalue weighted by molar-refractivity contribution is 0.470. The molecule has 0 bridgehead atoms. The van der Waals surface area contributed by atoms with Crippen molar-refractivity contribution >= 4 is 0 Å². The average Bonchev–Trinajstić information content (AvgIpc) is 2.94. The van der Waals surface area contributed by atoms with Gasteiger partial charge in [-0.25, -0.2) is 0 Å². The van der Waals surface area contributed by atoms with Crippen LogP contribution in [-0.4, -0.2) is 25.5 Å². The molecule has 5 nitrogen and oxygen atoms in total. The molecule has 0 atom stereocenters. The molecule has 0 aliphatic heterocycles. The summed E-state index contributed by atoms with van der Waals surface area (Å²) in [4.78, 5) is 0. The molecule has 0 spiro atoms. The van der Waals surface area contributed by atoms with Crippen molar-refractivity contribution in [3.8, 4) is 28.7 Å². The van der Waals surface area contributed by atoms with E-state index < -0.39 is 0 Å². The van der Waals surface area contributed by atoms with Gasteiger partial charge in [0.05, 0.1) is 0 Å². The first-order chi connectivity index (χ1) is 19.0. The number of phenols is 5. The molecule has 40 heavy (non-hydrogen) atoms. The van der Waals surface area contributed by atoms with Gasteiger partial charge in [0.15, 0.2) is 0 Å². The Bertz CT molecular complexity index is 1240. The van der Waals surface area contributed by atoms with Gasteiger partial charge in [-0.15, -0.1) is 0 Å². The van der Waals surface area contributed by atoms with Crippen LogP contribution in [-0.2, 0) is 0 Å². The van der Waals surface area contributed by atoms with Crippen molar-refractivity contribution in [1.29, 1.82) is 0 Å². The van der Waals surface area contributed by atoms with Crippen LogP contribution in [0.4, 0.5) is 0 Å². The van der Waals surface area contributed by atoms with Crippen molar-refractivity contribution in [2.24, 2.45) is 0 Å². The van der Waals surface area contributed by atoms with Crippen molar-refractivity contribution in [2.45, 2.75) is 34.6 Å². The van der Waals surface area contributed by atoms with E-state index in [1.807, 2.05) is 89.2 Å². The molecule has 0 radical (unpaired) electrons. The largest absolute Gasteiger partial charge is 0.508 e. The highest BCUT2D eigenvalue weighted by Gasteiger charge is 1.95. The molecule has 0 heterocycles. The van der Waals surface area contributed by atoms with E-state index in [0.717, 1.165) is 27.8 Å². The van der Waals surface area contributed by atoms with Gasteiger partial charge in [0.25, 0.3) is 0 Å². The van der Waals surface area contributed by atoms with Crippen LogP contribution in [0.15, 0.2) is 121 Å². The second-order valence-corrected chi connectivity index (χ2v) is 8.90. The Balaban J connectivity index is 0.000000251. The molecule has 0 aliphatic carbocycles. The molecular weight excluding hydrogens is 500 g/mol. The second kappa shape index (κ2) is 18.4. The fraction of sp³-hybridized carbons (Fsp3) is 0.143. The highest BCUT2D eigenvalue weighted by Crippen LogP contribution is 2.18. The van der Waals surface area contributed by atoms with Gasteiger partial charge in [0.1, 0.15) is 28.7 Å². The van der Waals surface area contributed by atoms with Gasteiger partial charge >= 0.3 is 0 Å². The number of para-hydroxylation sites is 3. The molecule has 210 valence electrons. The number of hydrogen-bond acceptors (Lipinski definition) is 5. The van der Waals surface area contributed by atoms with E-state index in [2.05, 4.69) is 0 Å². The van der Waals surface area contributed by atoms with Crippen LogP contribution in [0.1, 0.15) is 27.8 Å². The monoisotopic (exact) mass is 540 g/mol. The Kier molecular flexibility index (Phi) is 15.2. The Hall–Kier alpha value is -4.90. The predicted octanol–water partition coefficient (Wildman–Crippen LogP) is 8.50. The first kappa shape index (κ1) is 33.1. The standard InChI is InChI=1S/2C8H10O.C7H8O.2C6H6O/c2*1-6-4-3-5-8(9)7(6)2;1-6-4-2-3-5-7(6)8;2*7-6-4-2-1-3-5-6/h2*3-5,9H,1-2H3;2-5,8H,1H3;2*1-5,7H. The Morgan fingerprint density at radius 1 is 0.300 bits per heavy atom. The highest BCUT2D eigenvalue weighted by atomic mass is 16.3. The van der Waals surface area contributed by atoms with Crippen molar-refractivity contribution in [3.05, 3.63) is 149 Å². The third-order valence-corrected chi connectivity index (χ3v) is 5.78. The summed E-state index contributed by atoms with van der Waals surface area (Å²) in [5, 5.41) is 44.4. The summed E-state index contributed by atoms with van der Waals surface area (Å²) < 4.78 is 0. The summed E-state index contributed by atoms with van der Waals surface area (Å²) in [5.41, 5.74) is 5.13. The summed E-state index contributed by atoms with van der Waals surface area (Å²) >= 11 is 0. The van der Waals surface area contributed by atoms with Gasteiger partial charge in [0, 0.05) is 0 Å². The maximum absolute atomic E-state index is 9.10. The molecule has 0 saturated heterocycles. The maximum Gasteiger partial charge on any atom is 0.118 e. The number of hydrogen-bond donors (Lipinski definition) is 5. The van der Waals surface area contributed by atoms with E-state index in [9.17, 15) is 0 Å². The molecule has 0 amide bonds. The summed E-state index contributed by atoms with van der Waals surface area (Å²) in [6.07, 6.45) is 0. The number of aryl methyl sites for hydroxylation is 3. The molecule has 5 rings (SSSR count). The third-order valence-electron chi connectivity index (χ3n) is 5.78. The zero-order valence-corrected chi connectivity index (χ0v) is 23.8. The molecular formula is C35H40O5. The van der Waals surface area contributed by atoms with Crippen molar-refractivity contribution < 1.29 is 25.5 Å². The van der Waals surface area contributed by atoms with Gasteiger partial charge in [-0.2, -0.15) is 0 Å². The van der Waals surface area contributed by atoms with Crippen LogP contribution in [0.25, 0.3) is 0 Å². The van der Waals surface area contributed by atoms with E-state index in [-0.39, 0.29) is 0 Å². The summed E-state index contributed by atoms with van der Waals surface area (Å²) in [5.74, 6) is 1.78. The van der Waals surface area contributed by atoms with E-state index in [1.165, 1.54) is 0 Å². The maximum atomic E-state index is 9.10. The first-order valence-electron chi connectivity index (χ1n) is 12.8. The zero-order chi connectivity index (χ0) is 29.9. The number of phenolic OH excluding ortho intramolecular Hbond substituents is 5. The van der Waals surface area contributed by atoms with Crippen LogP contribution >= 0.6 is 0 Å². The molecule has 0 aliphatic rings. The van der Waals surface area contributed by atoms with Gasteiger partial charge < -0.3 is 25.5 Å². The fourth-order valence-corrected chi connectivity index (χ4v) is 2.89. The van der Waals surface area contributed by atoms with Crippen molar-refractivity contribution in [1.82, 2.24) is 0 Å². The molecule has 0 aromatic heterocycles. The normalized spacial score (nSPS) is 9.12. The minimum atomic E-state index is 0.322. The second-order valence-electron chi connectivity index (χ2n) is 8.90. The average molecular weight is 541 g/mol. The minimum Gasteiger partial charge on any atom is -0.508 e. The van der Waals surface area contributed by atoms with E-state index >= 15 is 0 Å². The van der Waals surface area contributed by atoms with E-state index in [1.54, 1.807) is 66.7 Å². The van der Waals surface area contributed by atoms with E-state index in [4.69, 9.17) is 25.5 Å². The van der Waals surface area contributed by atoms with Gasteiger partial charge in [0.2, 0.25) is 0 Å². The summed E-state index contributed by atoms with van der Waals surface area (Å²) in [7, 11) is 0. The van der Waals surface area contributed by atoms with Gasteiger partial charge in [-0.05, 0) is 105 Å². The smallest absolute Gasteiger partial charge is 0.118 e. The third kappa shape index (κ3) is 13.6. The van der Waals surface area contributed by atoms with Gasteiger partial charge in [-0.3, -0.25) is 0 Å². The quantitative estimate of drug-likeness (QED) is 0.136. The summed E-state index contributed by atoms with van der Waals surface area (Å²) in [6.45, 7) is 9.65. The van der Waals surface area contributed by atoms with Crippen molar-refractivity contribution in [2.75, 3.05) is 0 Å². The van der Waals surface area contributed by atoms with Crippen LogP contribution in [0, 0.1) is 34.6 Å². The van der Waals surface area contributed by atoms with Gasteiger partial charge in [-0.1, -0.05) is 78.9 Å². The predicted molar refractivity (Wildman–Crippen MR) is 164 cm³/mol. The number of rotatable bonds is 0. The number of aromatic hydroxyl groups is 5. The Morgan fingerprint density at radius 2 is 0.600 bits per heavy atom. The molecule has 0 fully saturated rings. The lowest BCUT2D eigenvalue weighted by Crippen LogP contribution is -1.78. The topological polar surface area (TPSA) is 101 Å². The first-order valence-corrected chi connectivity index (χ1v) is 12.8. The molecule has 0 unspecified atom stereocenters. The lowest BCUT2D eigenvalue weighted by atomic mass is 10.1. The zero-order valence-electron chi connectivity index (χ0n) is 23.8.